The standard InChI is InChI=1S/C24H23N/c1-24(2,3)23(25)21-15-9-8-14-20(21)22-18-12-6-4-10-16(18)17-11-5-7-13-19(17)22/h4-15,22,25H,1-3H3. The molecule has 0 saturated heterocycles. The highest BCUT2D eigenvalue weighted by molar-refractivity contribution is 6.03. The van der Waals surface area contributed by atoms with E-state index in [9.17, 15) is 0 Å². The highest BCUT2D eigenvalue weighted by atomic mass is 14.5. The molecule has 1 heteroatoms. The maximum Gasteiger partial charge on any atom is 0.0442 e. The molecule has 0 unspecified atom stereocenters. The lowest BCUT2D eigenvalue weighted by Crippen LogP contribution is -2.22. The van der Waals surface area contributed by atoms with E-state index < -0.39 is 0 Å². The Balaban J connectivity index is 1.97. The molecule has 0 radical (unpaired) electrons. The second-order valence-corrected chi connectivity index (χ2v) is 7.82. The zero-order valence-electron chi connectivity index (χ0n) is 15.0. The third-order valence-electron chi connectivity index (χ3n) is 5.12. The molecule has 0 saturated carbocycles. The van der Waals surface area contributed by atoms with Crippen LogP contribution in [0.15, 0.2) is 72.8 Å². The van der Waals surface area contributed by atoms with Gasteiger partial charge < -0.3 is 5.41 Å². The van der Waals surface area contributed by atoms with Gasteiger partial charge in [-0.05, 0) is 33.4 Å². The Kier molecular flexibility index (Phi) is 3.61. The van der Waals surface area contributed by atoms with Gasteiger partial charge in [-0.1, -0.05) is 93.6 Å². The summed E-state index contributed by atoms with van der Waals surface area (Å²) in [6.45, 7) is 6.34. The zero-order valence-corrected chi connectivity index (χ0v) is 15.0. The molecular weight excluding hydrogens is 302 g/mol. The van der Waals surface area contributed by atoms with Gasteiger partial charge in [0.15, 0.2) is 0 Å². The Morgan fingerprint density at radius 2 is 1.12 bits per heavy atom. The summed E-state index contributed by atoms with van der Waals surface area (Å²) < 4.78 is 0. The molecule has 0 amide bonds. The monoisotopic (exact) mass is 325 g/mol. The van der Waals surface area contributed by atoms with E-state index in [1.54, 1.807) is 0 Å². The van der Waals surface area contributed by atoms with Gasteiger partial charge >= 0.3 is 0 Å². The average molecular weight is 325 g/mol. The summed E-state index contributed by atoms with van der Waals surface area (Å²) in [4.78, 5) is 0. The van der Waals surface area contributed by atoms with Crippen molar-refractivity contribution in [1.29, 1.82) is 5.41 Å². The van der Waals surface area contributed by atoms with Crippen LogP contribution in [0.4, 0.5) is 0 Å². The van der Waals surface area contributed by atoms with E-state index in [0.717, 1.165) is 5.56 Å². The first kappa shape index (κ1) is 15.8. The molecule has 0 bridgehead atoms. The largest absolute Gasteiger partial charge is 0.304 e. The van der Waals surface area contributed by atoms with Gasteiger partial charge in [0.1, 0.15) is 0 Å². The van der Waals surface area contributed by atoms with Gasteiger partial charge in [-0.3, -0.25) is 0 Å². The summed E-state index contributed by atoms with van der Waals surface area (Å²) in [6, 6.07) is 25.8. The smallest absolute Gasteiger partial charge is 0.0442 e. The van der Waals surface area contributed by atoms with E-state index in [0.29, 0.717) is 5.71 Å². The predicted octanol–water partition coefficient (Wildman–Crippen LogP) is 6.26. The van der Waals surface area contributed by atoms with E-state index in [4.69, 9.17) is 5.41 Å². The number of nitrogens with one attached hydrogen (secondary N) is 1. The minimum absolute atomic E-state index is 0.173. The Labute approximate surface area is 149 Å². The first-order chi connectivity index (χ1) is 12.0. The van der Waals surface area contributed by atoms with Crippen molar-refractivity contribution in [1.82, 2.24) is 0 Å². The second-order valence-electron chi connectivity index (χ2n) is 7.82. The summed E-state index contributed by atoms with van der Waals surface area (Å²) >= 11 is 0. The molecule has 1 aliphatic carbocycles. The Hall–Kier alpha value is -2.67. The summed E-state index contributed by atoms with van der Waals surface area (Å²) in [5.41, 5.74) is 8.15. The molecule has 0 heterocycles. The first-order valence-corrected chi connectivity index (χ1v) is 8.85. The van der Waals surface area contributed by atoms with Gasteiger partial charge in [0, 0.05) is 17.0 Å². The maximum atomic E-state index is 8.75. The van der Waals surface area contributed by atoms with Crippen molar-refractivity contribution in [2.75, 3.05) is 0 Å². The summed E-state index contributed by atoms with van der Waals surface area (Å²) in [6.07, 6.45) is 0. The van der Waals surface area contributed by atoms with Crippen molar-refractivity contribution in [2.24, 2.45) is 5.41 Å². The molecule has 0 spiro atoms. The van der Waals surface area contributed by atoms with E-state index >= 15 is 0 Å². The minimum Gasteiger partial charge on any atom is -0.304 e. The van der Waals surface area contributed by atoms with Gasteiger partial charge in [0.25, 0.3) is 0 Å². The molecule has 25 heavy (non-hydrogen) atoms. The van der Waals surface area contributed by atoms with Gasteiger partial charge in [-0.15, -0.1) is 0 Å². The molecule has 1 aliphatic rings. The molecule has 3 aromatic rings. The number of hydrogen-bond acceptors (Lipinski definition) is 1. The fourth-order valence-corrected chi connectivity index (χ4v) is 3.87. The molecule has 0 fully saturated rings. The van der Waals surface area contributed by atoms with Crippen molar-refractivity contribution in [3.05, 3.63) is 95.1 Å². The average Bonchev–Trinajstić information content (AvgIpc) is 2.95. The van der Waals surface area contributed by atoms with Crippen molar-refractivity contribution >= 4 is 5.71 Å². The lowest BCUT2D eigenvalue weighted by molar-refractivity contribution is 0.588. The summed E-state index contributed by atoms with van der Waals surface area (Å²) in [5.74, 6) is 0.200. The second kappa shape index (κ2) is 5.70. The quantitative estimate of drug-likeness (QED) is 0.420. The Morgan fingerprint density at radius 3 is 1.64 bits per heavy atom. The molecule has 1 N–H and O–H groups in total. The van der Waals surface area contributed by atoms with E-state index in [-0.39, 0.29) is 11.3 Å². The van der Waals surface area contributed by atoms with Crippen LogP contribution in [0.1, 0.15) is 48.9 Å². The molecule has 0 atom stereocenters. The molecule has 0 aliphatic heterocycles. The van der Waals surface area contributed by atoms with Crippen LogP contribution in [-0.2, 0) is 0 Å². The van der Waals surface area contributed by atoms with Crippen molar-refractivity contribution < 1.29 is 0 Å². The van der Waals surface area contributed by atoms with Gasteiger partial charge in [-0.25, -0.2) is 0 Å². The lowest BCUT2D eigenvalue weighted by atomic mass is 9.79. The summed E-state index contributed by atoms with van der Waals surface area (Å²) in [5, 5.41) is 8.75. The molecule has 4 rings (SSSR count). The van der Waals surface area contributed by atoms with Gasteiger partial charge in [-0.2, -0.15) is 0 Å². The van der Waals surface area contributed by atoms with Crippen LogP contribution in [-0.4, -0.2) is 5.71 Å². The highest BCUT2D eigenvalue weighted by Crippen LogP contribution is 2.48. The number of benzene rings is 3. The molecule has 124 valence electrons. The number of fused-ring (bicyclic) bond motifs is 3. The van der Waals surface area contributed by atoms with Crippen LogP contribution in [0.5, 0.6) is 0 Å². The van der Waals surface area contributed by atoms with Crippen LogP contribution < -0.4 is 0 Å². The van der Waals surface area contributed by atoms with E-state index in [2.05, 4.69) is 87.5 Å². The normalized spacial score (nSPS) is 13.4. The van der Waals surface area contributed by atoms with Crippen LogP contribution >= 0.6 is 0 Å². The topological polar surface area (TPSA) is 23.9 Å². The maximum absolute atomic E-state index is 8.75. The van der Waals surface area contributed by atoms with Crippen LogP contribution in [0.25, 0.3) is 11.1 Å². The third kappa shape index (κ3) is 2.51. The van der Waals surface area contributed by atoms with Gasteiger partial charge in [0.2, 0.25) is 0 Å². The molecule has 1 nitrogen and oxygen atoms in total. The molecule has 3 aromatic carbocycles. The van der Waals surface area contributed by atoms with E-state index in [1.807, 2.05) is 6.07 Å². The van der Waals surface area contributed by atoms with E-state index in [1.165, 1.54) is 27.8 Å². The van der Waals surface area contributed by atoms with Crippen molar-refractivity contribution in [2.45, 2.75) is 26.7 Å². The first-order valence-electron chi connectivity index (χ1n) is 8.85. The predicted molar refractivity (Wildman–Crippen MR) is 106 cm³/mol. The van der Waals surface area contributed by atoms with Crippen molar-refractivity contribution in [3.8, 4) is 11.1 Å². The minimum atomic E-state index is -0.173. The third-order valence-corrected chi connectivity index (χ3v) is 5.12. The summed E-state index contributed by atoms with van der Waals surface area (Å²) in [7, 11) is 0. The number of hydrogen-bond donors (Lipinski definition) is 1. The van der Waals surface area contributed by atoms with Crippen LogP contribution in [0.3, 0.4) is 0 Å². The molecular formula is C24H23N. The Morgan fingerprint density at radius 1 is 0.680 bits per heavy atom. The highest BCUT2D eigenvalue weighted by Gasteiger charge is 2.32. The zero-order chi connectivity index (χ0) is 17.6. The number of rotatable bonds is 2. The SMILES string of the molecule is CC(C)(C)C(=N)c1ccccc1C1c2ccccc2-c2ccccc21. The fraction of sp³-hybridized carbons (Fsp3) is 0.208. The van der Waals surface area contributed by atoms with Crippen molar-refractivity contribution in [3.63, 3.8) is 0 Å². The molecule has 0 aromatic heterocycles. The fourth-order valence-electron chi connectivity index (χ4n) is 3.87. The Bertz CT molecular complexity index is 914. The van der Waals surface area contributed by atoms with Crippen LogP contribution in [0, 0.1) is 10.8 Å². The van der Waals surface area contributed by atoms with Gasteiger partial charge in [0.05, 0.1) is 0 Å². The van der Waals surface area contributed by atoms with Crippen LogP contribution in [0.2, 0.25) is 0 Å². The lowest BCUT2D eigenvalue weighted by Gasteiger charge is -2.25.